The maximum absolute atomic E-state index is 12.0. The summed E-state index contributed by atoms with van der Waals surface area (Å²) in [6.07, 6.45) is 0.875. The number of carbonyl (C=O) groups excluding carboxylic acids is 1. The molecule has 3 rings (SSSR count). The lowest BCUT2D eigenvalue weighted by Gasteiger charge is -2.05. The maximum Gasteiger partial charge on any atom is 0.309 e. The molecule has 0 bridgehead atoms. The van der Waals surface area contributed by atoms with Gasteiger partial charge in [0.05, 0.1) is 13.0 Å². The molecule has 1 aliphatic carbocycles. The zero-order valence-corrected chi connectivity index (χ0v) is 12.0. The Kier molecular flexibility index (Phi) is 3.91. The van der Waals surface area contributed by atoms with Gasteiger partial charge in [0.1, 0.15) is 12.4 Å². The third-order valence-corrected chi connectivity index (χ3v) is 3.86. The molecule has 1 saturated carbocycles. The number of hydrogen-bond donors (Lipinski definition) is 0. The lowest BCUT2D eigenvalue weighted by Crippen LogP contribution is -2.07. The van der Waals surface area contributed by atoms with E-state index in [2.05, 4.69) is 0 Å². The van der Waals surface area contributed by atoms with Crippen molar-refractivity contribution < 1.29 is 14.3 Å². The third kappa shape index (κ3) is 3.24. The van der Waals surface area contributed by atoms with E-state index in [1.165, 1.54) is 5.56 Å². The standard InChI is InChI=1S/C18H18O3/c1-20-15-9-7-14(8-10-15)16-11-17(16)18(19)21-12-13-5-3-2-4-6-13/h2-10,16-17H,11-12H2,1H3/t16-,17+/m0/s1. The summed E-state index contributed by atoms with van der Waals surface area (Å²) in [5.41, 5.74) is 2.20. The second-order valence-electron chi connectivity index (χ2n) is 5.32. The highest BCUT2D eigenvalue weighted by Crippen LogP contribution is 2.48. The molecule has 2 atom stereocenters. The number of rotatable bonds is 5. The SMILES string of the molecule is COc1ccc([C@@H]2C[C@H]2C(=O)OCc2ccccc2)cc1. The average molecular weight is 282 g/mol. The van der Waals surface area contributed by atoms with Crippen molar-refractivity contribution in [2.24, 2.45) is 5.92 Å². The van der Waals surface area contributed by atoms with Crippen molar-refractivity contribution in [3.05, 3.63) is 65.7 Å². The number of hydrogen-bond acceptors (Lipinski definition) is 3. The zero-order valence-electron chi connectivity index (χ0n) is 12.0. The molecule has 0 saturated heterocycles. The predicted octanol–water partition coefficient (Wildman–Crippen LogP) is 3.54. The van der Waals surface area contributed by atoms with Gasteiger partial charge < -0.3 is 9.47 Å². The Bertz CT molecular complexity index is 604. The van der Waals surface area contributed by atoms with E-state index in [1.54, 1.807) is 7.11 Å². The molecule has 0 heterocycles. The van der Waals surface area contributed by atoms with E-state index in [0.717, 1.165) is 17.7 Å². The van der Waals surface area contributed by atoms with Gasteiger partial charge in [-0.1, -0.05) is 42.5 Å². The van der Waals surface area contributed by atoms with Crippen LogP contribution in [0.1, 0.15) is 23.5 Å². The van der Waals surface area contributed by atoms with Gasteiger partial charge in [0, 0.05) is 0 Å². The maximum atomic E-state index is 12.0. The third-order valence-electron chi connectivity index (χ3n) is 3.86. The summed E-state index contributed by atoms with van der Waals surface area (Å²) < 4.78 is 10.5. The van der Waals surface area contributed by atoms with Crippen LogP contribution >= 0.6 is 0 Å². The Morgan fingerprint density at radius 3 is 2.48 bits per heavy atom. The van der Waals surface area contributed by atoms with Crippen molar-refractivity contribution in [2.45, 2.75) is 18.9 Å². The Morgan fingerprint density at radius 2 is 1.81 bits per heavy atom. The number of esters is 1. The molecule has 1 aliphatic rings. The molecule has 108 valence electrons. The number of methoxy groups -OCH3 is 1. The summed E-state index contributed by atoms with van der Waals surface area (Å²) >= 11 is 0. The van der Waals surface area contributed by atoms with Crippen LogP contribution in [0.5, 0.6) is 5.75 Å². The Labute approximate surface area is 124 Å². The van der Waals surface area contributed by atoms with Crippen LogP contribution in [0.3, 0.4) is 0 Å². The summed E-state index contributed by atoms with van der Waals surface area (Å²) in [7, 11) is 1.65. The van der Waals surface area contributed by atoms with Crippen LogP contribution in [-0.4, -0.2) is 13.1 Å². The molecule has 2 aromatic rings. The summed E-state index contributed by atoms with van der Waals surface area (Å²) in [4.78, 5) is 12.0. The highest BCUT2D eigenvalue weighted by Gasteiger charge is 2.45. The van der Waals surface area contributed by atoms with E-state index < -0.39 is 0 Å². The van der Waals surface area contributed by atoms with Crippen LogP contribution in [0, 0.1) is 5.92 Å². The molecular formula is C18H18O3. The van der Waals surface area contributed by atoms with Crippen LogP contribution in [0.15, 0.2) is 54.6 Å². The Balaban J connectivity index is 1.53. The lowest BCUT2D eigenvalue weighted by molar-refractivity contribution is -0.146. The summed E-state index contributed by atoms with van der Waals surface area (Å²) in [6, 6.07) is 17.7. The number of ether oxygens (including phenoxy) is 2. The minimum atomic E-state index is -0.0975. The van der Waals surface area contributed by atoms with Crippen LogP contribution in [0.4, 0.5) is 0 Å². The smallest absolute Gasteiger partial charge is 0.309 e. The fraction of sp³-hybridized carbons (Fsp3) is 0.278. The van der Waals surface area contributed by atoms with Crippen LogP contribution in [0.25, 0.3) is 0 Å². The molecule has 0 radical (unpaired) electrons. The quantitative estimate of drug-likeness (QED) is 0.787. The fourth-order valence-corrected chi connectivity index (χ4v) is 2.51. The van der Waals surface area contributed by atoms with Crippen molar-refractivity contribution in [3.8, 4) is 5.75 Å². The first-order chi connectivity index (χ1) is 10.3. The monoisotopic (exact) mass is 282 g/mol. The van der Waals surface area contributed by atoms with Crippen molar-refractivity contribution in [2.75, 3.05) is 7.11 Å². The molecule has 3 heteroatoms. The number of benzene rings is 2. The van der Waals surface area contributed by atoms with Gasteiger partial charge in [0.25, 0.3) is 0 Å². The second-order valence-corrected chi connectivity index (χ2v) is 5.32. The van der Waals surface area contributed by atoms with Crippen LogP contribution in [0.2, 0.25) is 0 Å². The van der Waals surface area contributed by atoms with E-state index in [-0.39, 0.29) is 11.9 Å². The van der Waals surface area contributed by atoms with Crippen molar-refractivity contribution in [1.82, 2.24) is 0 Å². The molecule has 3 nitrogen and oxygen atoms in total. The average Bonchev–Trinajstić information content (AvgIpc) is 3.34. The highest BCUT2D eigenvalue weighted by atomic mass is 16.5. The molecule has 0 aromatic heterocycles. The first kappa shape index (κ1) is 13.7. The van der Waals surface area contributed by atoms with Crippen molar-refractivity contribution in [1.29, 1.82) is 0 Å². The van der Waals surface area contributed by atoms with E-state index in [0.29, 0.717) is 12.5 Å². The Morgan fingerprint density at radius 1 is 1.10 bits per heavy atom. The predicted molar refractivity (Wildman–Crippen MR) is 80.1 cm³/mol. The van der Waals surface area contributed by atoms with Gasteiger partial charge in [-0.2, -0.15) is 0 Å². The molecule has 2 aromatic carbocycles. The molecule has 1 fully saturated rings. The molecule has 0 aliphatic heterocycles. The van der Waals surface area contributed by atoms with Gasteiger partial charge in [-0.05, 0) is 35.6 Å². The van der Waals surface area contributed by atoms with Gasteiger partial charge in [0.15, 0.2) is 0 Å². The van der Waals surface area contributed by atoms with Gasteiger partial charge in [0.2, 0.25) is 0 Å². The normalized spacial score (nSPS) is 19.9. The van der Waals surface area contributed by atoms with Gasteiger partial charge >= 0.3 is 5.97 Å². The van der Waals surface area contributed by atoms with Crippen molar-refractivity contribution in [3.63, 3.8) is 0 Å². The molecular weight excluding hydrogens is 264 g/mol. The molecule has 0 amide bonds. The van der Waals surface area contributed by atoms with Crippen LogP contribution < -0.4 is 4.74 Å². The molecule has 21 heavy (non-hydrogen) atoms. The summed E-state index contributed by atoms with van der Waals surface area (Å²) in [5, 5.41) is 0. The van der Waals surface area contributed by atoms with E-state index in [4.69, 9.17) is 9.47 Å². The minimum Gasteiger partial charge on any atom is -0.497 e. The Hall–Kier alpha value is -2.29. The molecule has 0 spiro atoms. The molecule has 0 unspecified atom stereocenters. The second kappa shape index (κ2) is 6.00. The van der Waals surface area contributed by atoms with Crippen molar-refractivity contribution >= 4 is 5.97 Å². The minimum absolute atomic E-state index is 0.00195. The van der Waals surface area contributed by atoms with Gasteiger partial charge in [-0.25, -0.2) is 0 Å². The van der Waals surface area contributed by atoms with E-state index in [9.17, 15) is 4.79 Å². The van der Waals surface area contributed by atoms with Gasteiger partial charge in [-0.3, -0.25) is 4.79 Å². The topological polar surface area (TPSA) is 35.5 Å². The zero-order chi connectivity index (χ0) is 14.7. The highest BCUT2D eigenvalue weighted by molar-refractivity contribution is 5.77. The summed E-state index contributed by atoms with van der Waals surface area (Å²) in [6.45, 7) is 0.353. The lowest BCUT2D eigenvalue weighted by atomic mass is 10.1. The van der Waals surface area contributed by atoms with Gasteiger partial charge in [-0.15, -0.1) is 0 Å². The fourth-order valence-electron chi connectivity index (χ4n) is 2.51. The first-order valence-corrected chi connectivity index (χ1v) is 7.12. The number of carbonyl (C=O) groups is 1. The summed E-state index contributed by atoms with van der Waals surface area (Å²) in [5.74, 6) is 1.03. The van der Waals surface area contributed by atoms with E-state index in [1.807, 2.05) is 54.6 Å². The van der Waals surface area contributed by atoms with E-state index >= 15 is 0 Å². The largest absolute Gasteiger partial charge is 0.497 e. The molecule has 0 N–H and O–H groups in total. The first-order valence-electron chi connectivity index (χ1n) is 7.12. The van der Waals surface area contributed by atoms with Crippen LogP contribution in [-0.2, 0) is 16.1 Å².